The standard InChI is InChI=1S/C10H12BNO6.C10H16N2/c13-5-12-8(11(17)18)4-6-2-1-3-7(9(6)14)10(15)16;1-9-2-4-10(5-3-9)8-12-7-6-11/h1-3,5,8,14,17-18H,4H2,(H,12,13)(H,15,16);2-5,12H,6-8,11H2,1H3. The van der Waals surface area contributed by atoms with Gasteiger partial charge in [0.1, 0.15) is 11.3 Å². The molecule has 0 spiro atoms. The summed E-state index contributed by atoms with van der Waals surface area (Å²) in [7, 11) is -1.82. The van der Waals surface area contributed by atoms with Crippen molar-refractivity contribution in [3.8, 4) is 5.75 Å². The molecule has 1 atom stereocenters. The van der Waals surface area contributed by atoms with E-state index in [4.69, 9.17) is 20.9 Å². The Morgan fingerprint density at radius 3 is 2.40 bits per heavy atom. The minimum Gasteiger partial charge on any atom is -0.507 e. The number of aryl methyl sites for hydroxylation is 1. The number of rotatable bonds is 10. The molecule has 0 radical (unpaired) electrons. The zero-order valence-electron chi connectivity index (χ0n) is 16.8. The minimum atomic E-state index is -1.82. The molecule has 0 fully saturated rings. The molecular formula is C20H28BN3O6. The molecule has 162 valence electrons. The van der Waals surface area contributed by atoms with Crippen LogP contribution in [0.25, 0.3) is 0 Å². The highest BCUT2D eigenvalue weighted by Gasteiger charge is 2.25. The van der Waals surface area contributed by atoms with Gasteiger partial charge in [0, 0.05) is 19.6 Å². The van der Waals surface area contributed by atoms with Gasteiger partial charge in [-0.2, -0.15) is 0 Å². The van der Waals surface area contributed by atoms with Gasteiger partial charge in [0.05, 0.1) is 5.94 Å². The molecule has 0 saturated heterocycles. The number of aromatic hydroxyl groups is 1. The van der Waals surface area contributed by atoms with Crippen molar-refractivity contribution >= 4 is 19.5 Å². The fraction of sp³-hybridized carbons (Fsp3) is 0.300. The van der Waals surface area contributed by atoms with Gasteiger partial charge in [-0.15, -0.1) is 0 Å². The molecule has 30 heavy (non-hydrogen) atoms. The zero-order valence-corrected chi connectivity index (χ0v) is 16.8. The first-order chi connectivity index (χ1) is 14.3. The van der Waals surface area contributed by atoms with Gasteiger partial charge in [0.25, 0.3) is 0 Å². The van der Waals surface area contributed by atoms with E-state index in [2.05, 4.69) is 41.8 Å². The molecule has 2 aromatic rings. The zero-order chi connectivity index (χ0) is 22.5. The van der Waals surface area contributed by atoms with E-state index in [-0.39, 0.29) is 17.5 Å². The molecule has 0 heterocycles. The quantitative estimate of drug-likeness (QED) is 0.159. The van der Waals surface area contributed by atoms with Crippen LogP contribution in [-0.4, -0.2) is 58.8 Å². The Hall–Kier alpha value is -2.92. The normalized spacial score (nSPS) is 11.1. The fourth-order valence-corrected chi connectivity index (χ4v) is 2.54. The highest BCUT2D eigenvalue weighted by atomic mass is 16.4. The number of hydrogen-bond acceptors (Lipinski definition) is 7. The van der Waals surface area contributed by atoms with Crippen LogP contribution < -0.4 is 16.4 Å². The molecule has 0 aromatic heterocycles. The first kappa shape index (κ1) is 25.1. The van der Waals surface area contributed by atoms with Gasteiger partial charge in [-0.05, 0) is 30.5 Å². The highest BCUT2D eigenvalue weighted by Crippen LogP contribution is 2.23. The first-order valence-electron chi connectivity index (χ1n) is 9.36. The number of hydrogen-bond donors (Lipinski definition) is 7. The number of aromatic carboxylic acids is 1. The van der Waals surface area contributed by atoms with E-state index in [9.17, 15) is 14.7 Å². The van der Waals surface area contributed by atoms with Gasteiger partial charge in [0.2, 0.25) is 6.41 Å². The summed E-state index contributed by atoms with van der Waals surface area (Å²) in [6.07, 6.45) is 0.186. The highest BCUT2D eigenvalue weighted by molar-refractivity contribution is 6.43. The Kier molecular flexibility index (Phi) is 11.2. The van der Waals surface area contributed by atoms with Crippen molar-refractivity contribution in [2.24, 2.45) is 5.73 Å². The Morgan fingerprint density at radius 1 is 1.20 bits per heavy atom. The number of para-hydroxylation sites is 1. The number of amides is 1. The van der Waals surface area contributed by atoms with E-state index in [1.807, 2.05) is 0 Å². The first-order valence-corrected chi connectivity index (χ1v) is 9.36. The van der Waals surface area contributed by atoms with Crippen molar-refractivity contribution in [2.45, 2.75) is 25.8 Å². The fourth-order valence-electron chi connectivity index (χ4n) is 2.54. The van der Waals surface area contributed by atoms with Crippen LogP contribution in [0.3, 0.4) is 0 Å². The number of benzene rings is 2. The van der Waals surface area contributed by atoms with Crippen LogP contribution in [0.4, 0.5) is 0 Å². The summed E-state index contributed by atoms with van der Waals surface area (Å²) < 4.78 is 0. The van der Waals surface area contributed by atoms with Crippen LogP contribution in [0, 0.1) is 6.92 Å². The van der Waals surface area contributed by atoms with Gasteiger partial charge < -0.3 is 36.6 Å². The van der Waals surface area contributed by atoms with Gasteiger partial charge in [-0.25, -0.2) is 4.79 Å². The molecule has 2 aromatic carbocycles. The second-order valence-electron chi connectivity index (χ2n) is 6.58. The molecule has 0 aliphatic rings. The average molecular weight is 417 g/mol. The maximum Gasteiger partial charge on any atom is 0.475 e. The maximum absolute atomic E-state index is 10.8. The number of nitrogens with one attached hydrogen (secondary N) is 2. The molecule has 1 unspecified atom stereocenters. The van der Waals surface area contributed by atoms with E-state index in [1.54, 1.807) is 0 Å². The van der Waals surface area contributed by atoms with Crippen LogP contribution in [0.5, 0.6) is 5.75 Å². The monoisotopic (exact) mass is 417 g/mol. The summed E-state index contributed by atoms with van der Waals surface area (Å²) in [5.41, 5.74) is 7.88. The lowest BCUT2D eigenvalue weighted by Gasteiger charge is -2.16. The predicted octanol–water partition coefficient (Wildman–Crippen LogP) is -0.197. The van der Waals surface area contributed by atoms with E-state index >= 15 is 0 Å². The number of carboxylic acid groups (broad SMARTS) is 1. The van der Waals surface area contributed by atoms with Crippen LogP contribution >= 0.6 is 0 Å². The summed E-state index contributed by atoms with van der Waals surface area (Å²) in [4.78, 5) is 21.1. The lowest BCUT2D eigenvalue weighted by atomic mass is 9.76. The Labute approximate surface area is 175 Å². The maximum atomic E-state index is 10.8. The molecule has 0 aliphatic heterocycles. The molecule has 0 aliphatic carbocycles. The second kappa shape index (κ2) is 13.3. The molecule has 1 amide bonds. The molecule has 8 N–H and O–H groups in total. The van der Waals surface area contributed by atoms with Gasteiger partial charge in [-0.3, -0.25) is 4.79 Å². The average Bonchev–Trinajstić information content (AvgIpc) is 2.71. The smallest absolute Gasteiger partial charge is 0.475 e. The van der Waals surface area contributed by atoms with Gasteiger partial charge >= 0.3 is 13.1 Å². The lowest BCUT2D eigenvalue weighted by molar-refractivity contribution is -0.109. The van der Waals surface area contributed by atoms with Crippen molar-refractivity contribution in [2.75, 3.05) is 13.1 Å². The Balaban J connectivity index is 0.000000325. The van der Waals surface area contributed by atoms with Crippen LogP contribution in [0.1, 0.15) is 27.0 Å². The lowest BCUT2D eigenvalue weighted by Crippen LogP contribution is -2.44. The van der Waals surface area contributed by atoms with Crippen molar-refractivity contribution in [3.63, 3.8) is 0 Å². The number of nitrogens with two attached hydrogens (primary N) is 1. The summed E-state index contributed by atoms with van der Waals surface area (Å²) in [6.45, 7) is 4.59. The third-order valence-electron chi connectivity index (χ3n) is 4.20. The summed E-state index contributed by atoms with van der Waals surface area (Å²) in [5.74, 6) is -2.78. The molecule has 2 rings (SSSR count). The minimum absolute atomic E-state index is 0.108. The van der Waals surface area contributed by atoms with Crippen LogP contribution in [0.2, 0.25) is 0 Å². The van der Waals surface area contributed by atoms with Crippen molar-refractivity contribution in [1.82, 2.24) is 10.6 Å². The third-order valence-corrected chi connectivity index (χ3v) is 4.20. The molecule has 10 heteroatoms. The summed E-state index contributed by atoms with van der Waals surface area (Å²) >= 11 is 0. The second-order valence-corrected chi connectivity index (χ2v) is 6.58. The van der Waals surface area contributed by atoms with Crippen molar-refractivity contribution in [3.05, 3.63) is 64.7 Å². The van der Waals surface area contributed by atoms with E-state index < -0.39 is 24.8 Å². The van der Waals surface area contributed by atoms with Crippen LogP contribution in [0.15, 0.2) is 42.5 Å². The number of carbonyl (C=O) groups is 2. The molecule has 0 bridgehead atoms. The number of phenols is 1. The van der Waals surface area contributed by atoms with E-state index in [0.717, 1.165) is 13.1 Å². The predicted molar refractivity (Wildman–Crippen MR) is 114 cm³/mol. The molecule has 9 nitrogen and oxygen atoms in total. The summed E-state index contributed by atoms with van der Waals surface area (Å²) in [6, 6.07) is 12.6. The van der Waals surface area contributed by atoms with E-state index in [0.29, 0.717) is 13.0 Å². The summed E-state index contributed by atoms with van der Waals surface area (Å²) in [5, 5.41) is 41.9. The number of carboxylic acids is 1. The van der Waals surface area contributed by atoms with Gasteiger partial charge in [-0.1, -0.05) is 42.0 Å². The molecule has 0 saturated carbocycles. The Morgan fingerprint density at radius 2 is 1.87 bits per heavy atom. The van der Waals surface area contributed by atoms with Crippen molar-refractivity contribution < 1.29 is 29.9 Å². The van der Waals surface area contributed by atoms with Crippen LogP contribution in [-0.2, 0) is 17.8 Å². The van der Waals surface area contributed by atoms with Crippen molar-refractivity contribution in [1.29, 1.82) is 0 Å². The van der Waals surface area contributed by atoms with E-state index in [1.165, 1.54) is 29.3 Å². The largest absolute Gasteiger partial charge is 0.507 e. The molecular weight excluding hydrogens is 389 g/mol. The topological polar surface area (TPSA) is 165 Å². The van der Waals surface area contributed by atoms with Gasteiger partial charge in [0.15, 0.2) is 0 Å². The third kappa shape index (κ3) is 8.62. The Bertz CT molecular complexity index is 802. The SMILES string of the molecule is Cc1ccc(CNCCN)cc1.O=CNC(Cc1cccc(C(=O)O)c1O)B(O)O. The number of carbonyl (C=O) groups excluding carboxylic acids is 1.